The van der Waals surface area contributed by atoms with E-state index in [4.69, 9.17) is 10.5 Å². The molecule has 2 aromatic rings. The summed E-state index contributed by atoms with van der Waals surface area (Å²) < 4.78 is 5.25. The Labute approximate surface area is 155 Å². The van der Waals surface area contributed by atoms with Gasteiger partial charge in [0.1, 0.15) is 5.75 Å². The highest BCUT2D eigenvalue weighted by molar-refractivity contribution is 5.77. The minimum Gasteiger partial charge on any atom is -0.497 e. The number of carbonyl (C=O) groups excluding carboxylic acids is 1. The van der Waals surface area contributed by atoms with Crippen LogP contribution in [0, 0.1) is 5.92 Å². The van der Waals surface area contributed by atoms with Gasteiger partial charge in [0, 0.05) is 31.9 Å². The van der Waals surface area contributed by atoms with Crippen molar-refractivity contribution in [1.82, 2.24) is 5.32 Å². The van der Waals surface area contributed by atoms with Crippen LogP contribution in [0.25, 0.3) is 0 Å². The molecule has 0 aromatic heterocycles. The maximum atomic E-state index is 11.4. The number of piperidine rings is 1. The number of primary amides is 1. The zero-order valence-corrected chi connectivity index (χ0v) is 15.3. The summed E-state index contributed by atoms with van der Waals surface area (Å²) in [6.07, 6.45) is 1.91. The lowest BCUT2D eigenvalue weighted by atomic mass is 9.97. The number of hydrogen-bond acceptors (Lipinski definition) is 4. The van der Waals surface area contributed by atoms with Crippen molar-refractivity contribution in [3.8, 4) is 5.75 Å². The average molecular weight is 353 g/mol. The lowest BCUT2D eigenvalue weighted by molar-refractivity contribution is -0.122. The molecule has 0 aliphatic carbocycles. The van der Waals surface area contributed by atoms with Crippen LogP contribution in [0.1, 0.15) is 24.0 Å². The first kappa shape index (κ1) is 18.3. The van der Waals surface area contributed by atoms with Crippen LogP contribution in [0.4, 0.5) is 5.69 Å². The Balaban J connectivity index is 1.52. The van der Waals surface area contributed by atoms with Gasteiger partial charge in [0.25, 0.3) is 0 Å². The molecule has 5 nitrogen and oxygen atoms in total. The minimum atomic E-state index is -0.187. The normalized spacial score (nSPS) is 17.1. The van der Waals surface area contributed by atoms with Crippen LogP contribution < -0.4 is 20.7 Å². The zero-order valence-electron chi connectivity index (χ0n) is 15.3. The molecule has 2 aromatic carbocycles. The summed E-state index contributed by atoms with van der Waals surface area (Å²) in [4.78, 5) is 13.7. The Morgan fingerprint density at radius 2 is 1.96 bits per heavy atom. The number of hydrogen-bond donors (Lipinski definition) is 2. The molecule has 1 aliphatic heterocycles. The molecule has 1 amide bonds. The van der Waals surface area contributed by atoms with Crippen LogP contribution >= 0.6 is 0 Å². The molecule has 3 rings (SSSR count). The van der Waals surface area contributed by atoms with Crippen molar-refractivity contribution in [3.63, 3.8) is 0 Å². The predicted molar refractivity (Wildman–Crippen MR) is 104 cm³/mol. The van der Waals surface area contributed by atoms with Gasteiger partial charge >= 0.3 is 0 Å². The molecule has 1 aliphatic rings. The second kappa shape index (κ2) is 8.72. The molecule has 0 spiro atoms. The number of ether oxygens (including phenoxy) is 1. The molecule has 1 heterocycles. The van der Waals surface area contributed by atoms with Crippen LogP contribution in [0.3, 0.4) is 0 Å². The third kappa shape index (κ3) is 4.76. The maximum absolute atomic E-state index is 11.4. The molecule has 0 saturated carbocycles. The summed E-state index contributed by atoms with van der Waals surface area (Å²) in [5.74, 6) is 0.658. The van der Waals surface area contributed by atoms with Crippen molar-refractivity contribution in [3.05, 3.63) is 59.7 Å². The van der Waals surface area contributed by atoms with E-state index in [1.54, 1.807) is 7.11 Å². The molecular formula is C21H27N3O2. The second-order valence-electron chi connectivity index (χ2n) is 6.81. The first-order valence-corrected chi connectivity index (χ1v) is 9.12. The summed E-state index contributed by atoms with van der Waals surface area (Å²) in [5.41, 5.74) is 9.07. The molecule has 5 heteroatoms. The van der Waals surface area contributed by atoms with Gasteiger partial charge in [-0.3, -0.25) is 4.79 Å². The zero-order chi connectivity index (χ0) is 18.4. The minimum absolute atomic E-state index is 0.0343. The van der Waals surface area contributed by atoms with E-state index in [1.807, 2.05) is 18.2 Å². The van der Waals surface area contributed by atoms with Crippen molar-refractivity contribution in [2.45, 2.75) is 25.9 Å². The lowest BCUT2D eigenvalue weighted by Crippen LogP contribution is -2.41. The standard InChI is InChI=1S/C21H27N3O2/c1-26-20-6-2-4-17(12-20)14-23-13-16-7-9-19(10-8-16)24-11-3-5-18(15-24)21(22)25/h2,4,6-10,12,18,23H,3,5,11,13-15H2,1H3,(H2,22,25)/t18-/m1/s1. The highest BCUT2D eigenvalue weighted by Crippen LogP contribution is 2.23. The molecule has 0 bridgehead atoms. The highest BCUT2D eigenvalue weighted by atomic mass is 16.5. The first-order valence-electron chi connectivity index (χ1n) is 9.12. The van der Waals surface area contributed by atoms with Gasteiger partial charge in [0.05, 0.1) is 13.0 Å². The molecule has 3 N–H and O–H groups in total. The van der Waals surface area contributed by atoms with Crippen LogP contribution in [0.2, 0.25) is 0 Å². The SMILES string of the molecule is COc1cccc(CNCc2ccc(N3CCC[C@@H](C(N)=O)C3)cc2)c1. The second-order valence-corrected chi connectivity index (χ2v) is 6.81. The van der Waals surface area contributed by atoms with E-state index >= 15 is 0 Å². The van der Waals surface area contributed by atoms with E-state index in [1.165, 1.54) is 11.1 Å². The van der Waals surface area contributed by atoms with Gasteiger partial charge in [0.15, 0.2) is 0 Å². The van der Waals surface area contributed by atoms with E-state index in [0.717, 1.165) is 50.5 Å². The summed E-state index contributed by atoms with van der Waals surface area (Å²) >= 11 is 0. The van der Waals surface area contributed by atoms with E-state index in [2.05, 4.69) is 40.5 Å². The predicted octanol–water partition coefficient (Wildman–Crippen LogP) is 2.69. The molecule has 1 saturated heterocycles. The Morgan fingerprint density at radius 1 is 1.19 bits per heavy atom. The Morgan fingerprint density at radius 3 is 2.69 bits per heavy atom. The van der Waals surface area contributed by atoms with Gasteiger partial charge in [-0.05, 0) is 48.2 Å². The van der Waals surface area contributed by atoms with Crippen LogP contribution in [-0.2, 0) is 17.9 Å². The topological polar surface area (TPSA) is 67.6 Å². The van der Waals surface area contributed by atoms with E-state index < -0.39 is 0 Å². The van der Waals surface area contributed by atoms with Crippen molar-refractivity contribution in [2.75, 3.05) is 25.1 Å². The maximum Gasteiger partial charge on any atom is 0.222 e. The molecular weight excluding hydrogens is 326 g/mol. The fraction of sp³-hybridized carbons (Fsp3) is 0.381. The molecule has 0 radical (unpaired) electrons. The molecule has 0 unspecified atom stereocenters. The van der Waals surface area contributed by atoms with E-state index in [0.29, 0.717) is 0 Å². The third-order valence-electron chi connectivity index (χ3n) is 4.92. The van der Waals surface area contributed by atoms with Crippen LogP contribution in [-0.4, -0.2) is 26.1 Å². The third-order valence-corrected chi connectivity index (χ3v) is 4.92. The lowest BCUT2D eigenvalue weighted by Gasteiger charge is -2.33. The number of methoxy groups -OCH3 is 1. The molecule has 1 atom stereocenters. The van der Waals surface area contributed by atoms with Gasteiger partial charge in [-0.1, -0.05) is 24.3 Å². The molecule has 26 heavy (non-hydrogen) atoms. The number of benzene rings is 2. The Bertz CT molecular complexity index is 730. The van der Waals surface area contributed by atoms with Gasteiger partial charge < -0.3 is 20.7 Å². The van der Waals surface area contributed by atoms with Crippen molar-refractivity contribution < 1.29 is 9.53 Å². The Hall–Kier alpha value is -2.53. The quantitative estimate of drug-likeness (QED) is 0.803. The van der Waals surface area contributed by atoms with Gasteiger partial charge in [-0.15, -0.1) is 0 Å². The fourth-order valence-electron chi connectivity index (χ4n) is 3.40. The van der Waals surface area contributed by atoms with Crippen LogP contribution in [0.5, 0.6) is 5.75 Å². The number of rotatable bonds is 7. The number of nitrogens with two attached hydrogens (primary N) is 1. The van der Waals surface area contributed by atoms with Crippen molar-refractivity contribution >= 4 is 11.6 Å². The number of anilines is 1. The van der Waals surface area contributed by atoms with Crippen molar-refractivity contribution in [2.24, 2.45) is 11.7 Å². The number of nitrogens with one attached hydrogen (secondary N) is 1. The smallest absolute Gasteiger partial charge is 0.222 e. The number of nitrogens with zero attached hydrogens (tertiary/aromatic N) is 1. The van der Waals surface area contributed by atoms with Gasteiger partial charge in [-0.25, -0.2) is 0 Å². The fourth-order valence-corrected chi connectivity index (χ4v) is 3.40. The number of amides is 1. The monoisotopic (exact) mass is 353 g/mol. The summed E-state index contributed by atoms with van der Waals surface area (Å²) in [5, 5.41) is 3.46. The molecule has 1 fully saturated rings. The van der Waals surface area contributed by atoms with Gasteiger partial charge in [0.2, 0.25) is 5.91 Å². The highest BCUT2D eigenvalue weighted by Gasteiger charge is 2.23. The summed E-state index contributed by atoms with van der Waals surface area (Å²) in [7, 11) is 1.68. The summed E-state index contributed by atoms with van der Waals surface area (Å²) in [6, 6.07) is 16.6. The first-order chi connectivity index (χ1) is 12.7. The van der Waals surface area contributed by atoms with E-state index in [9.17, 15) is 4.79 Å². The average Bonchev–Trinajstić information content (AvgIpc) is 2.69. The van der Waals surface area contributed by atoms with Crippen LogP contribution in [0.15, 0.2) is 48.5 Å². The number of carbonyl (C=O) groups is 1. The summed E-state index contributed by atoms with van der Waals surface area (Å²) in [6.45, 7) is 3.31. The van der Waals surface area contributed by atoms with Gasteiger partial charge in [-0.2, -0.15) is 0 Å². The molecule has 138 valence electrons. The van der Waals surface area contributed by atoms with E-state index in [-0.39, 0.29) is 11.8 Å². The largest absolute Gasteiger partial charge is 0.497 e. The Kier molecular flexibility index (Phi) is 6.12. The van der Waals surface area contributed by atoms with Crippen molar-refractivity contribution in [1.29, 1.82) is 0 Å².